The molecule has 2 saturated heterocycles. The predicted molar refractivity (Wildman–Crippen MR) is 134 cm³/mol. The zero-order valence-electron chi connectivity index (χ0n) is 21.3. The van der Waals surface area contributed by atoms with E-state index in [1.54, 1.807) is 10.6 Å². The molecular weight excluding hydrogens is 498 g/mol. The molecule has 1 N–H and O–H groups in total. The Morgan fingerprint density at radius 3 is 2.61 bits per heavy atom. The summed E-state index contributed by atoms with van der Waals surface area (Å²) in [6.07, 6.45) is 2.45. The normalized spacial score (nSPS) is 18.5. The Morgan fingerprint density at radius 2 is 1.89 bits per heavy atom. The minimum absolute atomic E-state index is 0.0965. The lowest BCUT2D eigenvalue weighted by molar-refractivity contribution is -0.0241. The molecule has 1 aromatic carbocycles. The lowest BCUT2D eigenvalue weighted by Crippen LogP contribution is -2.46. The van der Waals surface area contributed by atoms with Crippen molar-refractivity contribution < 1.29 is 32.6 Å². The third kappa shape index (κ3) is 5.34. The van der Waals surface area contributed by atoms with Gasteiger partial charge in [0.15, 0.2) is 0 Å². The smallest absolute Gasteiger partial charge is 0.409 e. The summed E-state index contributed by atoms with van der Waals surface area (Å²) in [5.74, 6) is -2.31. The fourth-order valence-corrected chi connectivity index (χ4v) is 4.99. The summed E-state index contributed by atoms with van der Waals surface area (Å²) < 4.78 is 48.8. The summed E-state index contributed by atoms with van der Waals surface area (Å²) in [6.45, 7) is 3.93. The lowest BCUT2D eigenvalue weighted by atomic mass is 10.0. The van der Waals surface area contributed by atoms with Crippen LogP contribution < -0.4 is 5.32 Å². The van der Waals surface area contributed by atoms with Gasteiger partial charge in [0.25, 0.3) is 5.91 Å². The largest absolute Gasteiger partial charge is 0.453 e. The van der Waals surface area contributed by atoms with Crippen LogP contribution in [0.1, 0.15) is 34.5 Å². The summed E-state index contributed by atoms with van der Waals surface area (Å²) in [5, 5.41) is 2.83. The number of hydrogen-bond donors (Lipinski definition) is 1. The number of pyridine rings is 1. The maximum atomic E-state index is 15.5. The molecule has 4 heterocycles. The number of carbonyl (C=O) groups excluding carboxylic acids is 2. The number of aryl methyl sites for hydroxylation is 1. The third-order valence-electron chi connectivity index (χ3n) is 6.97. The molecule has 2 amide bonds. The number of imidazole rings is 1. The average molecular weight is 529 g/mol. The first-order valence-corrected chi connectivity index (χ1v) is 12.6. The number of rotatable bonds is 5. The van der Waals surface area contributed by atoms with Crippen molar-refractivity contribution in [2.75, 3.05) is 40.0 Å². The van der Waals surface area contributed by atoms with E-state index in [4.69, 9.17) is 14.2 Å². The Hall–Kier alpha value is -3.57. The highest BCUT2D eigenvalue weighted by atomic mass is 19.1. The molecule has 0 unspecified atom stereocenters. The van der Waals surface area contributed by atoms with Gasteiger partial charge in [-0.05, 0) is 49.6 Å². The molecule has 0 saturated carbocycles. The quantitative estimate of drug-likeness (QED) is 0.545. The van der Waals surface area contributed by atoms with E-state index in [2.05, 4.69) is 10.3 Å². The Morgan fingerprint density at radius 1 is 1.16 bits per heavy atom. The number of morpholine rings is 1. The van der Waals surface area contributed by atoms with Crippen LogP contribution in [0.25, 0.3) is 16.9 Å². The van der Waals surface area contributed by atoms with Crippen LogP contribution >= 0.6 is 0 Å². The lowest BCUT2D eigenvalue weighted by Gasteiger charge is -2.32. The molecular formula is C27H30F2N4O5. The van der Waals surface area contributed by atoms with Crippen LogP contribution in [0, 0.1) is 18.6 Å². The first-order chi connectivity index (χ1) is 18.3. The van der Waals surface area contributed by atoms with Gasteiger partial charge in [-0.2, -0.15) is 0 Å². The number of aromatic nitrogens is 2. The molecule has 1 atom stereocenters. The molecule has 2 aliphatic heterocycles. The van der Waals surface area contributed by atoms with E-state index in [-0.39, 0.29) is 35.8 Å². The third-order valence-corrected chi connectivity index (χ3v) is 6.97. The molecule has 3 aromatic rings. The van der Waals surface area contributed by atoms with E-state index in [0.717, 1.165) is 17.7 Å². The summed E-state index contributed by atoms with van der Waals surface area (Å²) in [5.41, 5.74) is 1.71. The molecule has 5 rings (SSSR count). The van der Waals surface area contributed by atoms with Gasteiger partial charge in [0.05, 0.1) is 43.3 Å². The highest BCUT2D eigenvalue weighted by Crippen LogP contribution is 2.32. The molecule has 38 heavy (non-hydrogen) atoms. The first kappa shape index (κ1) is 26.1. The van der Waals surface area contributed by atoms with Gasteiger partial charge in [0.1, 0.15) is 17.3 Å². The van der Waals surface area contributed by atoms with Crippen molar-refractivity contribution in [3.63, 3.8) is 0 Å². The maximum absolute atomic E-state index is 15.5. The summed E-state index contributed by atoms with van der Waals surface area (Å²) in [7, 11) is 1.32. The molecule has 9 nitrogen and oxygen atoms in total. The molecule has 2 fully saturated rings. The van der Waals surface area contributed by atoms with Crippen LogP contribution in [0.5, 0.6) is 0 Å². The predicted octanol–water partition coefficient (Wildman–Crippen LogP) is 3.51. The molecule has 0 bridgehead atoms. The highest BCUT2D eigenvalue weighted by molar-refractivity contribution is 5.95. The van der Waals surface area contributed by atoms with Crippen molar-refractivity contribution in [3.05, 3.63) is 58.9 Å². The van der Waals surface area contributed by atoms with Gasteiger partial charge >= 0.3 is 6.09 Å². The second-order valence-electron chi connectivity index (χ2n) is 9.63. The van der Waals surface area contributed by atoms with Crippen molar-refractivity contribution in [3.8, 4) is 11.3 Å². The number of methoxy groups -OCH3 is 1. The number of ether oxygens (including phenoxy) is 3. The van der Waals surface area contributed by atoms with Crippen molar-refractivity contribution in [2.24, 2.45) is 0 Å². The maximum Gasteiger partial charge on any atom is 0.409 e. The number of carbonyl (C=O) groups is 2. The van der Waals surface area contributed by atoms with Crippen LogP contribution in [0.2, 0.25) is 0 Å². The zero-order chi connectivity index (χ0) is 26.8. The number of benzene rings is 1. The topological polar surface area (TPSA) is 94.4 Å². The van der Waals surface area contributed by atoms with E-state index in [0.29, 0.717) is 50.5 Å². The molecule has 0 radical (unpaired) electrons. The van der Waals surface area contributed by atoms with Crippen LogP contribution in [-0.2, 0) is 20.6 Å². The second-order valence-corrected chi connectivity index (χ2v) is 9.63. The molecule has 0 spiro atoms. The van der Waals surface area contributed by atoms with Gasteiger partial charge in [-0.1, -0.05) is 0 Å². The summed E-state index contributed by atoms with van der Waals surface area (Å²) >= 11 is 0. The van der Waals surface area contributed by atoms with Gasteiger partial charge in [-0.3, -0.25) is 4.79 Å². The SMILES string of the molecule is COC(=O)N1CCO[C@@H](Cc2c(-c3c(F)cc(C(=O)NC4CCOCC4)cc3F)nc3cc(C)ccn23)C1. The number of nitrogens with one attached hydrogen (secondary N) is 1. The van der Waals surface area contributed by atoms with Crippen molar-refractivity contribution >= 4 is 17.6 Å². The number of fused-ring (bicyclic) bond motifs is 1. The molecule has 2 aliphatic rings. The fourth-order valence-electron chi connectivity index (χ4n) is 4.99. The van der Waals surface area contributed by atoms with Gasteiger partial charge in [0, 0.05) is 44.0 Å². The number of nitrogens with zero attached hydrogens (tertiary/aromatic N) is 3. The van der Waals surface area contributed by atoms with E-state index < -0.39 is 29.7 Å². The second kappa shape index (κ2) is 11.0. The van der Waals surface area contributed by atoms with Crippen molar-refractivity contribution in [1.29, 1.82) is 0 Å². The van der Waals surface area contributed by atoms with Crippen LogP contribution in [0.15, 0.2) is 30.5 Å². The first-order valence-electron chi connectivity index (χ1n) is 12.6. The van der Waals surface area contributed by atoms with Crippen LogP contribution in [-0.4, -0.2) is 78.5 Å². The van der Waals surface area contributed by atoms with Gasteiger partial charge in [-0.25, -0.2) is 18.6 Å². The zero-order valence-corrected chi connectivity index (χ0v) is 21.3. The number of hydrogen-bond acceptors (Lipinski definition) is 6. The average Bonchev–Trinajstić information content (AvgIpc) is 3.24. The summed E-state index contributed by atoms with van der Waals surface area (Å²) in [6, 6.07) is 5.68. The molecule has 202 valence electrons. The van der Waals surface area contributed by atoms with Crippen LogP contribution in [0.3, 0.4) is 0 Å². The number of halogens is 2. The van der Waals surface area contributed by atoms with E-state index in [1.807, 2.05) is 19.1 Å². The fraction of sp³-hybridized carbons (Fsp3) is 0.444. The van der Waals surface area contributed by atoms with E-state index in [9.17, 15) is 9.59 Å². The van der Waals surface area contributed by atoms with Crippen molar-refractivity contribution in [2.45, 2.75) is 38.3 Å². The van der Waals surface area contributed by atoms with Gasteiger partial charge in [-0.15, -0.1) is 0 Å². The summed E-state index contributed by atoms with van der Waals surface area (Å²) in [4.78, 5) is 30.9. The monoisotopic (exact) mass is 528 g/mol. The Labute approximate surface area is 218 Å². The minimum Gasteiger partial charge on any atom is -0.453 e. The molecule has 2 aromatic heterocycles. The molecule has 0 aliphatic carbocycles. The van der Waals surface area contributed by atoms with Gasteiger partial charge in [0.2, 0.25) is 0 Å². The van der Waals surface area contributed by atoms with E-state index >= 15 is 8.78 Å². The Bertz CT molecular complexity index is 1330. The van der Waals surface area contributed by atoms with E-state index in [1.165, 1.54) is 12.0 Å². The minimum atomic E-state index is -0.885. The number of amides is 2. The van der Waals surface area contributed by atoms with Gasteiger partial charge < -0.3 is 28.8 Å². The van der Waals surface area contributed by atoms with Crippen molar-refractivity contribution in [1.82, 2.24) is 19.6 Å². The molecule has 11 heteroatoms. The highest BCUT2D eigenvalue weighted by Gasteiger charge is 2.29. The Kier molecular flexibility index (Phi) is 7.57. The Balaban J connectivity index is 1.48. The van der Waals surface area contributed by atoms with Crippen LogP contribution in [0.4, 0.5) is 13.6 Å². The standard InChI is InChI=1S/C27H30F2N4O5/c1-16-3-6-33-22(14-19-15-32(7-10-38-19)27(35)36-2)25(31-23(33)11-16)24-20(28)12-17(13-21(24)29)26(34)30-18-4-8-37-9-5-18/h3,6,11-13,18-19H,4-5,7-10,14-15H2,1-2H3,(H,30,34)/t19-/m0/s1.